The highest BCUT2D eigenvalue weighted by Gasteiger charge is 2.18. The number of nitrogens with one attached hydrogen (secondary N) is 2. The average Bonchev–Trinajstić information content (AvgIpc) is 2.65. The van der Waals surface area contributed by atoms with E-state index in [1.807, 2.05) is 0 Å². The second-order valence-electron chi connectivity index (χ2n) is 5.58. The number of carbonyl (C=O) groups is 2. The molecule has 27 heavy (non-hydrogen) atoms. The number of halogens is 3. The Morgan fingerprint density at radius 2 is 1.37 bits per heavy atom. The molecule has 2 N–H and O–H groups in total. The molecule has 2 amide bonds. The first-order valence-corrected chi connectivity index (χ1v) is 9.00. The summed E-state index contributed by atoms with van der Waals surface area (Å²) in [7, 11) is 0. The second-order valence-corrected chi connectivity index (χ2v) is 6.86. The Hall–Kier alpha value is -2.53. The van der Waals surface area contributed by atoms with Gasteiger partial charge in [0, 0.05) is 26.9 Å². The van der Waals surface area contributed by atoms with E-state index in [0.29, 0.717) is 32.0 Å². The number of hydrogen-bond donors (Lipinski definition) is 2. The lowest BCUT2D eigenvalue weighted by molar-refractivity contribution is 0.103. The Morgan fingerprint density at radius 1 is 0.704 bits per heavy atom. The minimum atomic E-state index is -0.507. The van der Waals surface area contributed by atoms with Crippen LogP contribution in [0.1, 0.15) is 15.9 Å². The molecule has 7 heteroatoms. The fourth-order valence-corrected chi connectivity index (χ4v) is 2.94. The lowest BCUT2D eigenvalue weighted by atomic mass is 10.0. The number of urea groups is 1. The summed E-state index contributed by atoms with van der Waals surface area (Å²) in [6.45, 7) is 0. The van der Waals surface area contributed by atoms with Crippen molar-refractivity contribution in [1.82, 2.24) is 0 Å². The maximum Gasteiger partial charge on any atom is 0.323 e. The number of benzene rings is 3. The first kappa shape index (κ1) is 19.2. The van der Waals surface area contributed by atoms with Crippen molar-refractivity contribution in [2.45, 2.75) is 0 Å². The first-order chi connectivity index (χ1) is 12.9. The van der Waals surface area contributed by atoms with Crippen LogP contribution in [0, 0.1) is 0 Å². The Bertz CT molecular complexity index is 1000. The molecular weight excluding hydrogens is 407 g/mol. The van der Waals surface area contributed by atoms with E-state index in [1.54, 1.807) is 60.7 Å². The minimum absolute atomic E-state index is 0.238. The lowest BCUT2D eigenvalue weighted by Gasteiger charge is -2.13. The van der Waals surface area contributed by atoms with Crippen molar-refractivity contribution < 1.29 is 9.59 Å². The fraction of sp³-hybridized carbons (Fsp3) is 0. The molecule has 0 heterocycles. The Labute approximate surface area is 171 Å². The molecule has 0 aliphatic heterocycles. The maximum absolute atomic E-state index is 12.9. The van der Waals surface area contributed by atoms with Gasteiger partial charge in [0.1, 0.15) is 0 Å². The predicted molar refractivity (Wildman–Crippen MR) is 110 cm³/mol. The minimum Gasteiger partial charge on any atom is -0.308 e. The molecule has 0 atom stereocenters. The van der Waals surface area contributed by atoms with Gasteiger partial charge >= 0.3 is 6.03 Å². The van der Waals surface area contributed by atoms with Gasteiger partial charge in [-0.25, -0.2) is 4.79 Å². The van der Waals surface area contributed by atoms with Gasteiger partial charge in [0.25, 0.3) is 0 Å². The van der Waals surface area contributed by atoms with Crippen LogP contribution in [-0.2, 0) is 0 Å². The molecule has 3 rings (SSSR count). The van der Waals surface area contributed by atoms with Gasteiger partial charge in [-0.05, 0) is 54.6 Å². The van der Waals surface area contributed by atoms with E-state index < -0.39 is 6.03 Å². The van der Waals surface area contributed by atoms with Gasteiger partial charge in [-0.3, -0.25) is 4.79 Å². The molecule has 0 aliphatic carbocycles. The van der Waals surface area contributed by atoms with Crippen LogP contribution in [0.25, 0.3) is 0 Å². The van der Waals surface area contributed by atoms with Crippen molar-refractivity contribution in [2.75, 3.05) is 10.6 Å². The largest absolute Gasteiger partial charge is 0.323 e. The number of carbonyl (C=O) groups excluding carboxylic acids is 2. The molecule has 4 nitrogen and oxygen atoms in total. The summed E-state index contributed by atoms with van der Waals surface area (Å²) < 4.78 is 0. The predicted octanol–water partition coefficient (Wildman–Crippen LogP) is 6.52. The van der Waals surface area contributed by atoms with Crippen LogP contribution in [0.4, 0.5) is 16.2 Å². The van der Waals surface area contributed by atoms with E-state index in [2.05, 4.69) is 10.6 Å². The van der Waals surface area contributed by atoms with E-state index in [4.69, 9.17) is 34.8 Å². The summed E-state index contributed by atoms with van der Waals surface area (Å²) in [6, 6.07) is 17.5. The van der Waals surface area contributed by atoms with Crippen LogP contribution in [0.5, 0.6) is 0 Å². The quantitative estimate of drug-likeness (QED) is 0.473. The van der Waals surface area contributed by atoms with E-state index in [1.165, 1.54) is 6.07 Å². The van der Waals surface area contributed by atoms with E-state index in [0.717, 1.165) is 0 Å². The SMILES string of the molecule is O=C(Nc1ccc(Cl)cc1)Nc1ccc(Cl)cc1C(=O)c1ccccc1Cl. The zero-order valence-electron chi connectivity index (χ0n) is 13.8. The Morgan fingerprint density at radius 3 is 2.07 bits per heavy atom. The molecule has 0 unspecified atom stereocenters. The molecule has 0 saturated heterocycles. The topological polar surface area (TPSA) is 58.2 Å². The lowest BCUT2D eigenvalue weighted by Crippen LogP contribution is -2.21. The molecule has 0 fully saturated rings. The van der Waals surface area contributed by atoms with Crippen molar-refractivity contribution in [3.8, 4) is 0 Å². The third-order valence-corrected chi connectivity index (χ3v) is 4.51. The first-order valence-electron chi connectivity index (χ1n) is 7.86. The zero-order chi connectivity index (χ0) is 19.4. The van der Waals surface area contributed by atoms with Gasteiger partial charge in [-0.2, -0.15) is 0 Å². The van der Waals surface area contributed by atoms with Gasteiger partial charge < -0.3 is 10.6 Å². The number of hydrogen-bond acceptors (Lipinski definition) is 2. The summed E-state index contributed by atoms with van der Waals surface area (Å²) in [4.78, 5) is 25.2. The summed E-state index contributed by atoms with van der Waals surface area (Å²) in [5, 5.41) is 6.59. The number of ketones is 1. The highest BCUT2D eigenvalue weighted by atomic mass is 35.5. The highest BCUT2D eigenvalue weighted by Crippen LogP contribution is 2.27. The van der Waals surface area contributed by atoms with Gasteiger partial charge in [0.2, 0.25) is 0 Å². The van der Waals surface area contributed by atoms with Gasteiger partial charge in [0.15, 0.2) is 5.78 Å². The molecule has 0 saturated carbocycles. The Kier molecular flexibility index (Phi) is 6.01. The van der Waals surface area contributed by atoms with Crippen LogP contribution in [0.3, 0.4) is 0 Å². The van der Waals surface area contributed by atoms with Crippen LogP contribution in [0.15, 0.2) is 66.7 Å². The van der Waals surface area contributed by atoms with Crippen LogP contribution < -0.4 is 10.6 Å². The standard InChI is InChI=1S/C20H13Cl3N2O2/c21-12-5-8-14(9-6-12)24-20(27)25-18-10-7-13(22)11-16(18)19(26)15-3-1-2-4-17(15)23/h1-11H,(H2,24,25,27). The smallest absolute Gasteiger partial charge is 0.308 e. The molecular formula is C20H13Cl3N2O2. The van der Waals surface area contributed by atoms with E-state index in [9.17, 15) is 9.59 Å². The van der Waals surface area contributed by atoms with Crippen molar-refractivity contribution >= 4 is 58.0 Å². The number of rotatable bonds is 4. The monoisotopic (exact) mass is 418 g/mol. The summed E-state index contributed by atoms with van der Waals surface area (Å²) in [5.74, 6) is -0.343. The molecule has 3 aromatic rings. The Balaban J connectivity index is 1.86. The molecule has 0 spiro atoms. The number of anilines is 2. The van der Waals surface area contributed by atoms with Gasteiger partial charge in [-0.15, -0.1) is 0 Å². The average molecular weight is 420 g/mol. The second kappa shape index (κ2) is 8.44. The third-order valence-electron chi connectivity index (χ3n) is 3.70. The summed E-state index contributed by atoms with van der Waals surface area (Å²) >= 11 is 18.0. The molecule has 136 valence electrons. The zero-order valence-corrected chi connectivity index (χ0v) is 16.1. The third kappa shape index (κ3) is 4.80. The molecule has 0 radical (unpaired) electrons. The molecule has 3 aromatic carbocycles. The van der Waals surface area contributed by atoms with E-state index >= 15 is 0 Å². The van der Waals surface area contributed by atoms with Crippen LogP contribution in [0.2, 0.25) is 15.1 Å². The highest BCUT2D eigenvalue weighted by molar-refractivity contribution is 6.36. The summed E-state index contributed by atoms with van der Waals surface area (Å²) in [5.41, 5.74) is 1.44. The number of amides is 2. The summed E-state index contributed by atoms with van der Waals surface area (Å²) in [6.07, 6.45) is 0. The molecule has 0 aromatic heterocycles. The van der Waals surface area contributed by atoms with E-state index in [-0.39, 0.29) is 11.3 Å². The van der Waals surface area contributed by atoms with Crippen molar-refractivity contribution in [3.05, 3.63) is 92.9 Å². The van der Waals surface area contributed by atoms with Crippen molar-refractivity contribution in [2.24, 2.45) is 0 Å². The van der Waals surface area contributed by atoms with Crippen LogP contribution in [-0.4, -0.2) is 11.8 Å². The van der Waals surface area contributed by atoms with Crippen molar-refractivity contribution in [3.63, 3.8) is 0 Å². The van der Waals surface area contributed by atoms with Crippen LogP contribution >= 0.6 is 34.8 Å². The molecule has 0 aliphatic rings. The normalized spacial score (nSPS) is 10.3. The van der Waals surface area contributed by atoms with Gasteiger partial charge in [0.05, 0.1) is 10.7 Å². The fourth-order valence-electron chi connectivity index (χ4n) is 2.42. The maximum atomic E-state index is 12.9. The molecule has 0 bridgehead atoms. The van der Waals surface area contributed by atoms with Gasteiger partial charge in [-0.1, -0.05) is 46.9 Å². The van der Waals surface area contributed by atoms with Crippen molar-refractivity contribution in [1.29, 1.82) is 0 Å².